The molecule has 1 heterocycles. The normalized spacial score (nSPS) is 11.0. The van der Waals surface area contributed by atoms with E-state index in [1.807, 2.05) is 0 Å². The quantitative estimate of drug-likeness (QED) is 0.892. The highest BCUT2D eigenvalue weighted by Gasteiger charge is 2.22. The van der Waals surface area contributed by atoms with Crippen LogP contribution in [0.1, 0.15) is 41.4 Å². The number of hydrogen-bond donors (Lipinski definition) is 2. The van der Waals surface area contributed by atoms with Crippen molar-refractivity contribution in [3.05, 3.63) is 34.5 Å². The van der Waals surface area contributed by atoms with Crippen LogP contribution in [0.15, 0.2) is 6.07 Å². The molecule has 2 rings (SSSR count). The Balaban J connectivity index is 2.59. The third-order valence-electron chi connectivity index (χ3n) is 3.72. The third-order valence-corrected chi connectivity index (χ3v) is 3.72. The van der Waals surface area contributed by atoms with Crippen LogP contribution >= 0.6 is 0 Å². The molecule has 2 aromatic rings. The van der Waals surface area contributed by atoms with Crippen LogP contribution in [-0.2, 0) is 11.2 Å². The predicted octanol–water partition coefficient (Wildman–Crippen LogP) is 3.03. The van der Waals surface area contributed by atoms with Gasteiger partial charge in [0.2, 0.25) is 0 Å². The Kier molecular flexibility index (Phi) is 4.59. The molecule has 2 N–H and O–H groups in total. The van der Waals surface area contributed by atoms with Gasteiger partial charge in [-0.3, -0.25) is 4.79 Å². The first-order valence-corrected chi connectivity index (χ1v) is 7.07. The van der Waals surface area contributed by atoms with Crippen molar-refractivity contribution >= 4 is 22.6 Å². The molecule has 0 spiro atoms. The van der Waals surface area contributed by atoms with Gasteiger partial charge in [0.15, 0.2) is 0 Å². The first-order valence-electron chi connectivity index (χ1n) is 7.07. The highest BCUT2D eigenvalue weighted by atomic mass is 19.1. The summed E-state index contributed by atoms with van der Waals surface area (Å²) in [5.74, 6) is -1.69. The summed E-state index contributed by atoms with van der Waals surface area (Å²) in [7, 11) is 1.47. The molecule has 1 aromatic heterocycles. The maximum Gasteiger partial charge on any atom is 0.267 e. The van der Waals surface area contributed by atoms with E-state index in [1.54, 1.807) is 0 Å². The maximum absolute atomic E-state index is 14.4. The van der Waals surface area contributed by atoms with Gasteiger partial charge in [-0.05, 0) is 38.3 Å². The number of carbonyl (C=O) groups is 2. The molecule has 0 saturated carbocycles. The number of benzene rings is 1. The summed E-state index contributed by atoms with van der Waals surface area (Å²) in [6.45, 7) is 2.84. The lowest BCUT2D eigenvalue weighted by molar-refractivity contribution is -0.117. The van der Waals surface area contributed by atoms with Crippen LogP contribution in [0.25, 0.3) is 10.9 Å². The van der Waals surface area contributed by atoms with Crippen molar-refractivity contribution in [1.29, 1.82) is 0 Å². The number of aryl methyl sites for hydroxylation is 1. The van der Waals surface area contributed by atoms with Crippen molar-refractivity contribution in [3.8, 4) is 0 Å². The van der Waals surface area contributed by atoms with Crippen LogP contribution in [0, 0.1) is 18.6 Å². The fourth-order valence-electron chi connectivity index (χ4n) is 2.53. The number of amides is 1. The minimum atomic E-state index is -0.667. The van der Waals surface area contributed by atoms with Gasteiger partial charge in [0.25, 0.3) is 5.91 Å². The van der Waals surface area contributed by atoms with Crippen LogP contribution in [-0.4, -0.2) is 23.7 Å². The molecule has 0 unspecified atom stereocenters. The molecule has 22 heavy (non-hydrogen) atoms. The zero-order valence-corrected chi connectivity index (χ0v) is 12.8. The molecule has 0 aliphatic carbocycles. The Hall–Kier alpha value is -2.24. The topological polar surface area (TPSA) is 62.0 Å². The predicted molar refractivity (Wildman–Crippen MR) is 80.0 cm³/mol. The molecule has 118 valence electrons. The number of nitrogens with one attached hydrogen (secondary N) is 2. The number of aromatic nitrogens is 1. The zero-order valence-electron chi connectivity index (χ0n) is 12.8. The summed E-state index contributed by atoms with van der Waals surface area (Å²) in [6.07, 6.45) is 1.22. The van der Waals surface area contributed by atoms with E-state index in [4.69, 9.17) is 0 Å². The first-order chi connectivity index (χ1) is 10.4. The van der Waals surface area contributed by atoms with E-state index in [2.05, 4.69) is 10.3 Å². The average molecular weight is 308 g/mol. The molecule has 6 heteroatoms. The van der Waals surface area contributed by atoms with E-state index in [1.165, 1.54) is 27.0 Å². The van der Waals surface area contributed by atoms with Gasteiger partial charge in [0, 0.05) is 24.4 Å². The van der Waals surface area contributed by atoms with Gasteiger partial charge in [-0.2, -0.15) is 0 Å². The van der Waals surface area contributed by atoms with Crippen LogP contribution < -0.4 is 5.32 Å². The molecule has 4 nitrogen and oxygen atoms in total. The van der Waals surface area contributed by atoms with Gasteiger partial charge >= 0.3 is 0 Å². The number of hydrogen-bond acceptors (Lipinski definition) is 2. The SMILES string of the molecule is CNC(=O)c1[nH]c2cc(F)c(C)c(F)c2c1CCCC(C)=O. The highest BCUT2D eigenvalue weighted by Crippen LogP contribution is 2.30. The molecule has 0 radical (unpaired) electrons. The molecule has 1 amide bonds. The minimum Gasteiger partial charge on any atom is -0.354 e. The van der Waals surface area contributed by atoms with Crippen LogP contribution in [0.2, 0.25) is 0 Å². The highest BCUT2D eigenvalue weighted by molar-refractivity contribution is 6.01. The van der Waals surface area contributed by atoms with Gasteiger partial charge in [0.1, 0.15) is 23.1 Å². The van der Waals surface area contributed by atoms with Crippen molar-refractivity contribution in [1.82, 2.24) is 10.3 Å². The van der Waals surface area contributed by atoms with Crippen LogP contribution in [0.5, 0.6) is 0 Å². The Morgan fingerprint density at radius 3 is 2.59 bits per heavy atom. The lowest BCUT2D eigenvalue weighted by Gasteiger charge is -2.05. The smallest absolute Gasteiger partial charge is 0.267 e. The van der Waals surface area contributed by atoms with E-state index in [0.717, 1.165) is 0 Å². The molecule has 0 aliphatic rings. The summed E-state index contributed by atoms with van der Waals surface area (Å²) < 4.78 is 28.1. The molecule has 0 saturated heterocycles. The Morgan fingerprint density at radius 2 is 2.00 bits per heavy atom. The molecule has 0 bridgehead atoms. The molecule has 1 aromatic carbocycles. The standard InChI is InChI=1S/C16H18F2N2O2/c1-8(21)5-4-6-10-13-12(20-15(10)16(22)19-3)7-11(17)9(2)14(13)18/h7,20H,4-6H2,1-3H3,(H,19,22). The molecule has 0 fully saturated rings. The monoisotopic (exact) mass is 308 g/mol. The van der Waals surface area contributed by atoms with Gasteiger partial charge in [0.05, 0.1) is 5.52 Å². The first kappa shape index (κ1) is 16.1. The van der Waals surface area contributed by atoms with Gasteiger partial charge < -0.3 is 15.1 Å². The summed E-state index contributed by atoms with van der Waals surface area (Å²) >= 11 is 0. The third kappa shape index (κ3) is 2.86. The fraction of sp³-hybridized carbons (Fsp3) is 0.375. The van der Waals surface area contributed by atoms with Gasteiger partial charge in [-0.25, -0.2) is 8.78 Å². The Morgan fingerprint density at radius 1 is 1.32 bits per heavy atom. The number of Topliss-reactive ketones (excluding diaryl/α,β-unsaturated/α-hetero) is 1. The molecule has 0 atom stereocenters. The second kappa shape index (κ2) is 6.25. The average Bonchev–Trinajstić information content (AvgIpc) is 2.82. The van der Waals surface area contributed by atoms with Crippen LogP contribution in [0.3, 0.4) is 0 Å². The van der Waals surface area contributed by atoms with Crippen molar-refractivity contribution < 1.29 is 18.4 Å². The second-order valence-corrected chi connectivity index (χ2v) is 5.33. The number of ketones is 1. The number of rotatable bonds is 5. The van der Waals surface area contributed by atoms with E-state index < -0.39 is 17.5 Å². The minimum absolute atomic E-state index is 0.0315. The van der Waals surface area contributed by atoms with E-state index in [-0.39, 0.29) is 27.9 Å². The van der Waals surface area contributed by atoms with Crippen molar-refractivity contribution in [3.63, 3.8) is 0 Å². The summed E-state index contributed by atoms with van der Waals surface area (Å²) in [6, 6.07) is 1.19. The van der Waals surface area contributed by atoms with E-state index in [9.17, 15) is 18.4 Å². The van der Waals surface area contributed by atoms with E-state index >= 15 is 0 Å². The molecular formula is C16H18F2N2O2. The number of H-pyrrole nitrogens is 1. The van der Waals surface area contributed by atoms with Crippen molar-refractivity contribution in [2.45, 2.75) is 33.1 Å². The number of halogens is 2. The maximum atomic E-state index is 14.4. The molecular weight excluding hydrogens is 290 g/mol. The van der Waals surface area contributed by atoms with Gasteiger partial charge in [-0.15, -0.1) is 0 Å². The number of aromatic amines is 1. The Bertz CT molecular complexity index is 750. The second-order valence-electron chi connectivity index (χ2n) is 5.33. The summed E-state index contributed by atoms with van der Waals surface area (Å²) in [5.41, 5.74) is 0.862. The van der Waals surface area contributed by atoms with Crippen molar-refractivity contribution in [2.75, 3.05) is 7.05 Å². The fourth-order valence-corrected chi connectivity index (χ4v) is 2.53. The lowest BCUT2D eigenvalue weighted by Crippen LogP contribution is -2.19. The number of fused-ring (bicyclic) bond motifs is 1. The Labute approximate surface area is 126 Å². The van der Waals surface area contributed by atoms with Crippen molar-refractivity contribution in [2.24, 2.45) is 0 Å². The van der Waals surface area contributed by atoms with Crippen LogP contribution in [0.4, 0.5) is 8.78 Å². The molecule has 0 aliphatic heterocycles. The summed E-state index contributed by atoms with van der Waals surface area (Å²) in [5, 5.41) is 2.70. The lowest BCUT2D eigenvalue weighted by atomic mass is 10.0. The summed E-state index contributed by atoms with van der Waals surface area (Å²) in [4.78, 5) is 25.8. The van der Waals surface area contributed by atoms with E-state index in [0.29, 0.717) is 24.8 Å². The largest absolute Gasteiger partial charge is 0.354 e. The number of carbonyl (C=O) groups excluding carboxylic acids is 2. The zero-order chi connectivity index (χ0) is 16.4. The van der Waals surface area contributed by atoms with Gasteiger partial charge in [-0.1, -0.05) is 0 Å².